The molecule has 0 saturated carbocycles. The highest BCUT2D eigenvalue weighted by Gasteiger charge is 2.45. The summed E-state index contributed by atoms with van der Waals surface area (Å²) in [5.41, 5.74) is 0.307. The Bertz CT molecular complexity index is 445. The van der Waals surface area contributed by atoms with Gasteiger partial charge >= 0.3 is 0 Å². The second-order valence-electron chi connectivity index (χ2n) is 5.20. The van der Waals surface area contributed by atoms with Gasteiger partial charge in [-0.3, -0.25) is 4.79 Å². The molecule has 0 unspecified atom stereocenters. The van der Waals surface area contributed by atoms with E-state index in [1.165, 1.54) is 0 Å². The lowest BCUT2D eigenvalue weighted by Crippen LogP contribution is -2.65. The van der Waals surface area contributed by atoms with Gasteiger partial charge in [0.15, 0.2) is 0 Å². The Labute approximate surface area is 108 Å². The molecule has 1 N–H and O–H groups in total. The van der Waals surface area contributed by atoms with Crippen LogP contribution in [0.1, 0.15) is 19.4 Å². The van der Waals surface area contributed by atoms with Crippen LogP contribution < -0.4 is 0 Å². The highest BCUT2D eigenvalue weighted by atomic mass is 16.3. The van der Waals surface area contributed by atoms with E-state index in [1.807, 2.05) is 44.2 Å². The van der Waals surface area contributed by atoms with Crippen LogP contribution in [0.5, 0.6) is 0 Å². The smallest absolute Gasteiger partial charge is 0.246 e. The summed E-state index contributed by atoms with van der Waals surface area (Å²) in [4.78, 5) is 13.5. The number of benzene rings is 1. The summed E-state index contributed by atoms with van der Waals surface area (Å²) in [7, 11) is 0. The first-order valence-corrected chi connectivity index (χ1v) is 6.26. The van der Waals surface area contributed by atoms with Gasteiger partial charge in [-0.15, -0.1) is 0 Å². The second-order valence-corrected chi connectivity index (χ2v) is 5.20. The predicted molar refractivity (Wildman–Crippen MR) is 71.8 cm³/mol. The van der Waals surface area contributed by atoms with Crippen LogP contribution >= 0.6 is 0 Å². The van der Waals surface area contributed by atoms with E-state index < -0.39 is 5.60 Å². The molecule has 1 amide bonds. The molecule has 0 aromatic heterocycles. The van der Waals surface area contributed by atoms with E-state index in [0.717, 1.165) is 5.56 Å². The lowest BCUT2D eigenvalue weighted by Gasteiger charge is -2.48. The minimum absolute atomic E-state index is 0.0378. The molecular weight excluding hydrogens is 226 g/mol. The maximum absolute atomic E-state index is 11.8. The molecule has 0 aliphatic carbocycles. The van der Waals surface area contributed by atoms with E-state index >= 15 is 0 Å². The number of carbonyl (C=O) groups excluding carboxylic acids is 1. The minimum atomic E-state index is -0.698. The lowest BCUT2D eigenvalue weighted by atomic mass is 9.83. The van der Waals surface area contributed by atoms with E-state index in [9.17, 15) is 9.90 Å². The molecule has 1 heterocycles. The van der Waals surface area contributed by atoms with Crippen molar-refractivity contribution in [1.82, 2.24) is 4.90 Å². The molecule has 1 aromatic rings. The predicted octanol–water partition coefficient (Wildman–Crippen LogP) is 1.93. The molecule has 1 saturated heterocycles. The van der Waals surface area contributed by atoms with Gasteiger partial charge in [-0.25, -0.2) is 0 Å². The number of amides is 1. The van der Waals surface area contributed by atoms with Crippen LogP contribution in [0.3, 0.4) is 0 Å². The molecule has 0 atom stereocenters. The van der Waals surface area contributed by atoms with Crippen LogP contribution in [-0.2, 0) is 4.79 Å². The highest BCUT2D eigenvalue weighted by molar-refractivity contribution is 5.92. The fourth-order valence-electron chi connectivity index (χ4n) is 1.97. The van der Waals surface area contributed by atoms with E-state index in [-0.39, 0.29) is 11.8 Å². The zero-order valence-corrected chi connectivity index (χ0v) is 10.8. The maximum Gasteiger partial charge on any atom is 0.246 e. The standard InChI is InChI=1S/C15H19NO2/c1-12(2)15(18)10-16(11-15)14(17)9-8-13-6-4-3-5-7-13/h3-9,12,18H,10-11H2,1-2H3. The number of aliphatic hydroxyl groups is 1. The summed E-state index contributed by atoms with van der Waals surface area (Å²) in [5.74, 6) is 0.142. The molecule has 96 valence electrons. The fourth-order valence-corrected chi connectivity index (χ4v) is 1.97. The molecule has 1 aliphatic rings. The zero-order chi connectivity index (χ0) is 13.2. The van der Waals surface area contributed by atoms with Crippen molar-refractivity contribution in [3.8, 4) is 0 Å². The van der Waals surface area contributed by atoms with Crippen molar-refractivity contribution < 1.29 is 9.90 Å². The van der Waals surface area contributed by atoms with E-state index in [0.29, 0.717) is 13.1 Å². The van der Waals surface area contributed by atoms with Crippen LogP contribution in [-0.4, -0.2) is 34.6 Å². The number of likely N-dealkylation sites (tertiary alicyclic amines) is 1. The number of rotatable bonds is 3. The monoisotopic (exact) mass is 245 g/mol. The van der Waals surface area contributed by atoms with Crippen molar-refractivity contribution in [2.45, 2.75) is 19.4 Å². The van der Waals surface area contributed by atoms with E-state index in [2.05, 4.69) is 0 Å². The van der Waals surface area contributed by atoms with Crippen LogP contribution in [0, 0.1) is 5.92 Å². The van der Waals surface area contributed by atoms with Gasteiger partial charge in [0.25, 0.3) is 0 Å². The van der Waals surface area contributed by atoms with Crippen molar-refractivity contribution in [3.63, 3.8) is 0 Å². The molecule has 1 aliphatic heterocycles. The Morgan fingerprint density at radius 2 is 1.94 bits per heavy atom. The Morgan fingerprint density at radius 3 is 2.50 bits per heavy atom. The number of hydrogen-bond acceptors (Lipinski definition) is 2. The van der Waals surface area contributed by atoms with Gasteiger partial charge in [-0.2, -0.15) is 0 Å². The molecule has 3 nitrogen and oxygen atoms in total. The topological polar surface area (TPSA) is 40.5 Å². The van der Waals surface area contributed by atoms with Crippen molar-refractivity contribution in [1.29, 1.82) is 0 Å². The Balaban J connectivity index is 1.90. The van der Waals surface area contributed by atoms with Gasteiger partial charge in [0.05, 0.1) is 13.1 Å². The molecule has 1 aromatic carbocycles. The molecule has 0 bridgehead atoms. The molecule has 2 rings (SSSR count). The van der Waals surface area contributed by atoms with E-state index in [1.54, 1.807) is 17.1 Å². The molecule has 3 heteroatoms. The average molecular weight is 245 g/mol. The van der Waals surface area contributed by atoms with Crippen molar-refractivity contribution >= 4 is 12.0 Å². The number of nitrogens with zero attached hydrogens (tertiary/aromatic N) is 1. The van der Waals surface area contributed by atoms with Gasteiger partial charge in [-0.05, 0) is 17.6 Å². The van der Waals surface area contributed by atoms with Crippen LogP contribution in [0.2, 0.25) is 0 Å². The third-order valence-corrected chi connectivity index (χ3v) is 3.53. The Kier molecular flexibility index (Phi) is 3.53. The Hall–Kier alpha value is -1.61. The summed E-state index contributed by atoms with van der Waals surface area (Å²) >= 11 is 0. The SMILES string of the molecule is CC(C)C1(O)CN(C(=O)C=Cc2ccccc2)C1. The number of β-amino-alcohol motifs (C(OH)–C–C–N with tert-alkyl or cyclic N) is 1. The van der Waals surface area contributed by atoms with Crippen LogP contribution in [0.15, 0.2) is 36.4 Å². The fraction of sp³-hybridized carbons (Fsp3) is 0.400. The van der Waals surface area contributed by atoms with Gasteiger partial charge in [-0.1, -0.05) is 44.2 Å². The second kappa shape index (κ2) is 4.94. The third-order valence-electron chi connectivity index (χ3n) is 3.53. The maximum atomic E-state index is 11.8. The molecular formula is C15H19NO2. The van der Waals surface area contributed by atoms with Gasteiger partial charge < -0.3 is 10.0 Å². The number of carbonyl (C=O) groups is 1. The van der Waals surface area contributed by atoms with Crippen molar-refractivity contribution in [3.05, 3.63) is 42.0 Å². The van der Waals surface area contributed by atoms with E-state index in [4.69, 9.17) is 0 Å². The summed E-state index contributed by atoms with van der Waals surface area (Å²) < 4.78 is 0. The first kappa shape index (κ1) is 12.8. The molecule has 1 fully saturated rings. The van der Waals surface area contributed by atoms with Gasteiger partial charge in [0.1, 0.15) is 5.60 Å². The highest BCUT2D eigenvalue weighted by Crippen LogP contribution is 2.28. The zero-order valence-electron chi connectivity index (χ0n) is 10.8. The lowest BCUT2D eigenvalue weighted by molar-refractivity contribution is -0.158. The summed E-state index contributed by atoms with van der Waals surface area (Å²) in [6, 6.07) is 9.71. The van der Waals surface area contributed by atoms with Crippen LogP contribution in [0.25, 0.3) is 6.08 Å². The molecule has 0 radical (unpaired) electrons. The minimum Gasteiger partial charge on any atom is -0.386 e. The summed E-state index contributed by atoms with van der Waals surface area (Å²) in [5, 5.41) is 10.1. The first-order chi connectivity index (χ1) is 8.51. The molecule has 18 heavy (non-hydrogen) atoms. The molecule has 0 spiro atoms. The largest absolute Gasteiger partial charge is 0.386 e. The van der Waals surface area contributed by atoms with Crippen molar-refractivity contribution in [2.75, 3.05) is 13.1 Å². The van der Waals surface area contributed by atoms with Crippen molar-refractivity contribution in [2.24, 2.45) is 5.92 Å². The first-order valence-electron chi connectivity index (χ1n) is 6.26. The van der Waals surface area contributed by atoms with Crippen LogP contribution in [0.4, 0.5) is 0 Å². The summed E-state index contributed by atoms with van der Waals surface area (Å²) in [6.45, 7) is 4.81. The Morgan fingerprint density at radius 1 is 1.33 bits per heavy atom. The summed E-state index contributed by atoms with van der Waals surface area (Å²) in [6.07, 6.45) is 3.37. The quantitative estimate of drug-likeness (QED) is 0.827. The third kappa shape index (κ3) is 2.62. The van der Waals surface area contributed by atoms with Gasteiger partial charge in [0, 0.05) is 6.08 Å². The number of hydrogen-bond donors (Lipinski definition) is 1. The average Bonchev–Trinajstić information content (AvgIpc) is 2.33. The normalized spacial score (nSPS) is 18.1. The van der Waals surface area contributed by atoms with Gasteiger partial charge in [0.2, 0.25) is 5.91 Å².